The highest BCUT2D eigenvalue weighted by atomic mass is 16.5. The number of urea groups is 1. The number of benzene rings is 1. The summed E-state index contributed by atoms with van der Waals surface area (Å²) in [6.07, 6.45) is 1.38. The Morgan fingerprint density at radius 2 is 2.00 bits per heavy atom. The van der Waals surface area contributed by atoms with Gasteiger partial charge in [0.25, 0.3) is 5.91 Å². The van der Waals surface area contributed by atoms with E-state index < -0.39 is 11.6 Å². The molecule has 26 heavy (non-hydrogen) atoms. The van der Waals surface area contributed by atoms with E-state index in [0.717, 1.165) is 4.90 Å². The summed E-state index contributed by atoms with van der Waals surface area (Å²) in [4.78, 5) is 29.5. The van der Waals surface area contributed by atoms with Crippen molar-refractivity contribution in [3.05, 3.63) is 42.1 Å². The van der Waals surface area contributed by atoms with Gasteiger partial charge >= 0.3 is 6.03 Å². The first-order valence-corrected chi connectivity index (χ1v) is 7.74. The zero-order valence-electron chi connectivity index (χ0n) is 14.4. The molecule has 3 rings (SSSR count). The third kappa shape index (κ3) is 3.02. The summed E-state index contributed by atoms with van der Waals surface area (Å²) < 4.78 is 10.8. The Kier molecular flexibility index (Phi) is 4.22. The number of amides is 3. The number of imide groups is 1. The van der Waals surface area contributed by atoms with Crippen LogP contribution in [-0.2, 0) is 4.79 Å². The number of hydrogen-bond acceptors (Lipinski definition) is 6. The van der Waals surface area contributed by atoms with E-state index in [2.05, 4.69) is 10.3 Å². The molecule has 0 bridgehead atoms. The van der Waals surface area contributed by atoms with Crippen LogP contribution in [0.25, 0.3) is 0 Å². The maximum Gasteiger partial charge on any atom is 0.329 e. The van der Waals surface area contributed by atoms with Crippen molar-refractivity contribution in [2.45, 2.75) is 19.4 Å². The van der Waals surface area contributed by atoms with E-state index in [0.29, 0.717) is 22.7 Å². The second-order valence-electron chi connectivity index (χ2n) is 6.13. The normalized spacial score (nSPS) is 15.4. The number of nitrogens with one attached hydrogen (secondary N) is 1. The van der Waals surface area contributed by atoms with Gasteiger partial charge in [-0.3, -0.25) is 4.79 Å². The largest absolute Gasteiger partial charge is 0.495 e. The first-order valence-electron chi connectivity index (χ1n) is 7.74. The van der Waals surface area contributed by atoms with Crippen LogP contribution in [-0.4, -0.2) is 29.6 Å². The van der Waals surface area contributed by atoms with Gasteiger partial charge in [-0.25, -0.2) is 14.7 Å². The summed E-state index contributed by atoms with van der Waals surface area (Å²) in [5, 5.41) is 11.6. The molecule has 0 unspecified atom stereocenters. The molecule has 0 atom stereocenters. The lowest BCUT2D eigenvalue weighted by molar-refractivity contribution is -0.121. The van der Waals surface area contributed by atoms with Crippen molar-refractivity contribution in [1.82, 2.24) is 10.3 Å². The Morgan fingerprint density at radius 1 is 1.23 bits per heavy atom. The van der Waals surface area contributed by atoms with Crippen molar-refractivity contribution in [3.63, 3.8) is 0 Å². The number of nitrogens with zero attached hydrogens (tertiary/aromatic N) is 3. The Hall–Kier alpha value is -3.60. The molecular formula is C18H16N4O4. The maximum absolute atomic E-state index is 12.3. The van der Waals surface area contributed by atoms with Crippen LogP contribution in [0.3, 0.4) is 0 Å². The van der Waals surface area contributed by atoms with Gasteiger partial charge in [0.2, 0.25) is 5.88 Å². The van der Waals surface area contributed by atoms with E-state index in [9.17, 15) is 9.59 Å². The molecule has 0 aliphatic carbocycles. The molecule has 2 heterocycles. The summed E-state index contributed by atoms with van der Waals surface area (Å²) in [7, 11) is 1.46. The van der Waals surface area contributed by atoms with E-state index in [1.165, 1.54) is 13.3 Å². The Bertz CT molecular complexity index is 916. The Labute approximate surface area is 150 Å². The number of methoxy groups -OCH3 is 1. The van der Waals surface area contributed by atoms with E-state index in [-0.39, 0.29) is 11.8 Å². The van der Waals surface area contributed by atoms with Crippen molar-refractivity contribution in [2.75, 3.05) is 12.0 Å². The molecule has 0 saturated carbocycles. The second kappa shape index (κ2) is 6.37. The number of aromatic nitrogens is 1. The zero-order chi connectivity index (χ0) is 18.9. The van der Waals surface area contributed by atoms with Gasteiger partial charge in [-0.15, -0.1) is 0 Å². The number of carbonyl (C=O) groups excluding carboxylic acids is 2. The molecule has 1 aliphatic heterocycles. The fourth-order valence-electron chi connectivity index (χ4n) is 2.50. The molecule has 8 heteroatoms. The van der Waals surface area contributed by atoms with Gasteiger partial charge in [0, 0.05) is 12.1 Å². The van der Waals surface area contributed by atoms with Crippen molar-refractivity contribution < 1.29 is 19.1 Å². The van der Waals surface area contributed by atoms with Crippen LogP contribution in [0.4, 0.5) is 10.5 Å². The molecule has 8 nitrogen and oxygen atoms in total. The van der Waals surface area contributed by atoms with E-state index in [4.69, 9.17) is 14.7 Å². The molecule has 1 fully saturated rings. The molecule has 1 N–H and O–H groups in total. The number of pyridine rings is 1. The average molecular weight is 352 g/mol. The first kappa shape index (κ1) is 17.2. The molecule has 1 aromatic heterocycles. The fourth-order valence-corrected chi connectivity index (χ4v) is 2.50. The van der Waals surface area contributed by atoms with E-state index in [1.54, 1.807) is 44.2 Å². The van der Waals surface area contributed by atoms with Crippen molar-refractivity contribution in [2.24, 2.45) is 0 Å². The summed E-state index contributed by atoms with van der Waals surface area (Å²) in [5.41, 5.74) is -0.210. The quantitative estimate of drug-likeness (QED) is 0.848. The second-order valence-corrected chi connectivity index (χ2v) is 6.13. The minimum absolute atomic E-state index is 0.270. The van der Waals surface area contributed by atoms with Gasteiger partial charge in [0.1, 0.15) is 23.1 Å². The van der Waals surface area contributed by atoms with E-state index >= 15 is 0 Å². The van der Waals surface area contributed by atoms with Gasteiger partial charge in [-0.1, -0.05) is 0 Å². The molecule has 1 saturated heterocycles. The molecule has 132 valence electrons. The van der Waals surface area contributed by atoms with Gasteiger partial charge in [0.15, 0.2) is 0 Å². The monoisotopic (exact) mass is 352 g/mol. The van der Waals surface area contributed by atoms with Crippen LogP contribution >= 0.6 is 0 Å². The van der Waals surface area contributed by atoms with Gasteiger partial charge in [-0.05, 0) is 32.0 Å². The SMILES string of the molecule is COc1cc(Oc2ccc(N3C(=O)NC(C)(C)C3=O)cn2)ccc1C#N. The Morgan fingerprint density at radius 3 is 2.54 bits per heavy atom. The molecule has 0 radical (unpaired) electrons. The molecule has 3 amide bonds. The van der Waals surface area contributed by atoms with Crippen LogP contribution in [0, 0.1) is 11.3 Å². The smallest absolute Gasteiger partial charge is 0.329 e. The average Bonchev–Trinajstić information content (AvgIpc) is 2.83. The number of ether oxygens (including phenoxy) is 2. The molecule has 2 aromatic rings. The van der Waals surface area contributed by atoms with Gasteiger partial charge in [-0.2, -0.15) is 5.26 Å². The highest BCUT2D eigenvalue weighted by Gasteiger charge is 2.45. The minimum Gasteiger partial charge on any atom is -0.495 e. The number of carbonyl (C=O) groups is 2. The van der Waals surface area contributed by atoms with Crippen LogP contribution in [0.15, 0.2) is 36.5 Å². The highest BCUT2D eigenvalue weighted by molar-refractivity contribution is 6.22. The molecule has 0 spiro atoms. The van der Waals surface area contributed by atoms with Crippen LogP contribution in [0.2, 0.25) is 0 Å². The van der Waals surface area contributed by atoms with E-state index in [1.807, 2.05) is 6.07 Å². The lowest BCUT2D eigenvalue weighted by Crippen LogP contribution is -2.40. The molecule has 1 aliphatic rings. The third-order valence-corrected chi connectivity index (χ3v) is 3.86. The zero-order valence-corrected chi connectivity index (χ0v) is 14.4. The van der Waals surface area contributed by atoms with Crippen LogP contribution < -0.4 is 19.7 Å². The van der Waals surface area contributed by atoms with Crippen molar-refractivity contribution in [3.8, 4) is 23.4 Å². The topological polar surface area (TPSA) is 105 Å². The number of nitriles is 1. The lowest BCUT2D eigenvalue weighted by Gasteiger charge is -2.16. The summed E-state index contributed by atoms with van der Waals surface area (Å²) in [6, 6.07) is 9.43. The highest BCUT2D eigenvalue weighted by Crippen LogP contribution is 2.29. The summed E-state index contributed by atoms with van der Waals surface area (Å²) in [5.74, 6) is 0.752. The molecule has 1 aromatic carbocycles. The third-order valence-electron chi connectivity index (χ3n) is 3.86. The summed E-state index contributed by atoms with van der Waals surface area (Å²) in [6.45, 7) is 3.27. The number of anilines is 1. The van der Waals surface area contributed by atoms with Crippen molar-refractivity contribution >= 4 is 17.6 Å². The standard InChI is InChI=1S/C18H16N4O4/c1-18(2)16(23)22(17(24)21-18)12-5-7-15(20-10-12)26-13-6-4-11(9-19)14(8-13)25-3/h4-8,10H,1-3H3,(H,21,24). The van der Waals surface area contributed by atoms with Crippen molar-refractivity contribution in [1.29, 1.82) is 5.26 Å². The number of hydrogen-bond donors (Lipinski definition) is 1. The van der Waals surface area contributed by atoms with Gasteiger partial charge in [0.05, 0.1) is 24.6 Å². The molecular weight excluding hydrogens is 336 g/mol. The predicted octanol–water partition coefficient (Wildman–Crippen LogP) is 2.59. The van der Waals surface area contributed by atoms with Gasteiger partial charge < -0.3 is 14.8 Å². The predicted molar refractivity (Wildman–Crippen MR) is 92.1 cm³/mol. The van der Waals surface area contributed by atoms with Crippen LogP contribution in [0.5, 0.6) is 17.4 Å². The Balaban J connectivity index is 1.80. The summed E-state index contributed by atoms with van der Waals surface area (Å²) >= 11 is 0. The first-order chi connectivity index (χ1) is 12.4. The minimum atomic E-state index is -0.953. The number of rotatable bonds is 4. The maximum atomic E-state index is 12.3. The fraction of sp³-hybridized carbons (Fsp3) is 0.222. The lowest BCUT2D eigenvalue weighted by atomic mass is 10.1. The van der Waals surface area contributed by atoms with Crippen LogP contribution in [0.1, 0.15) is 19.4 Å².